The zero-order chi connectivity index (χ0) is 18.4. The van der Waals surface area contributed by atoms with E-state index in [2.05, 4.69) is 16.3 Å². The van der Waals surface area contributed by atoms with E-state index in [1.807, 2.05) is 25.3 Å². The molecular weight excluding hydrogens is 320 g/mol. The number of morpholine rings is 1. The first kappa shape index (κ1) is 19.4. The van der Waals surface area contributed by atoms with Gasteiger partial charge in [0.15, 0.2) is 0 Å². The number of anilines is 1. The molecule has 7 nitrogen and oxygen atoms in total. The Morgan fingerprint density at radius 1 is 1.48 bits per heavy atom. The molecule has 1 aliphatic rings. The second-order valence-electron chi connectivity index (χ2n) is 6.51. The number of rotatable bonds is 7. The van der Waals surface area contributed by atoms with Gasteiger partial charge in [0.05, 0.1) is 24.8 Å². The summed E-state index contributed by atoms with van der Waals surface area (Å²) in [6.45, 7) is 9.67. The molecule has 0 radical (unpaired) electrons. The Morgan fingerprint density at radius 2 is 2.24 bits per heavy atom. The van der Waals surface area contributed by atoms with Crippen LogP contribution in [-0.2, 0) is 20.8 Å². The fraction of sp³-hybridized carbons (Fsp3) is 0.667. The molecule has 1 N–H and O–H groups in total. The van der Waals surface area contributed by atoms with Gasteiger partial charge in [0.1, 0.15) is 11.9 Å². The van der Waals surface area contributed by atoms with Crippen LogP contribution in [0.2, 0.25) is 0 Å². The van der Waals surface area contributed by atoms with Crippen molar-refractivity contribution in [3.63, 3.8) is 0 Å². The Hall–Kier alpha value is -1.88. The molecule has 2 rings (SSSR count). The number of amides is 1. The van der Waals surface area contributed by atoms with Crippen LogP contribution < -0.4 is 5.32 Å². The quantitative estimate of drug-likeness (QED) is 0.758. The van der Waals surface area contributed by atoms with E-state index in [1.165, 1.54) is 0 Å². The van der Waals surface area contributed by atoms with E-state index < -0.39 is 0 Å². The number of nitriles is 1. The van der Waals surface area contributed by atoms with Crippen molar-refractivity contribution in [3.05, 3.63) is 16.8 Å². The number of hydrogen-bond acceptors (Lipinski definition) is 5. The Morgan fingerprint density at radius 3 is 2.88 bits per heavy atom. The number of methoxy groups -OCH3 is 1. The van der Waals surface area contributed by atoms with E-state index in [0.717, 1.165) is 30.8 Å². The van der Waals surface area contributed by atoms with E-state index in [-0.39, 0.29) is 12.0 Å². The van der Waals surface area contributed by atoms with Crippen LogP contribution >= 0.6 is 0 Å². The largest absolute Gasteiger partial charge is 0.385 e. The third-order valence-electron chi connectivity index (χ3n) is 4.62. The molecule has 0 aliphatic carbocycles. The van der Waals surface area contributed by atoms with Crippen molar-refractivity contribution in [1.29, 1.82) is 5.26 Å². The fourth-order valence-corrected chi connectivity index (χ4v) is 3.19. The average molecular weight is 348 g/mol. The van der Waals surface area contributed by atoms with Gasteiger partial charge in [0.25, 0.3) is 0 Å². The molecule has 1 saturated heterocycles. The molecule has 25 heavy (non-hydrogen) atoms. The minimum Gasteiger partial charge on any atom is -0.385 e. The van der Waals surface area contributed by atoms with Gasteiger partial charge in [0, 0.05) is 39.0 Å². The highest BCUT2D eigenvalue weighted by molar-refractivity contribution is 5.93. The molecule has 0 spiro atoms. The van der Waals surface area contributed by atoms with E-state index in [9.17, 15) is 10.1 Å². The van der Waals surface area contributed by atoms with Crippen molar-refractivity contribution < 1.29 is 14.3 Å². The third-order valence-corrected chi connectivity index (χ3v) is 4.62. The van der Waals surface area contributed by atoms with Crippen LogP contribution in [0.15, 0.2) is 0 Å². The number of carbonyl (C=O) groups is 1. The molecule has 1 aliphatic heterocycles. The van der Waals surface area contributed by atoms with Crippen molar-refractivity contribution in [3.8, 4) is 6.07 Å². The molecule has 0 aromatic carbocycles. The lowest BCUT2D eigenvalue weighted by Crippen LogP contribution is -2.44. The van der Waals surface area contributed by atoms with Crippen molar-refractivity contribution in [2.45, 2.75) is 39.8 Å². The summed E-state index contributed by atoms with van der Waals surface area (Å²) >= 11 is 0. The average Bonchev–Trinajstić information content (AvgIpc) is 2.79. The Bertz CT molecular complexity index is 648. The summed E-state index contributed by atoms with van der Waals surface area (Å²) in [6, 6.07) is 2.23. The van der Waals surface area contributed by atoms with Gasteiger partial charge >= 0.3 is 0 Å². The van der Waals surface area contributed by atoms with Gasteiger partial charge in [0.2, 0.25) is 5.91 Å². The lowest BCUT2D eigenvalue weighted by atomic mass is 10.2. The fourth-order valence-electron chi connectivity index (χ4n) is 3.19. The number of carbonyl (C=O) groups excluding carboxylic acids is 1. The van der Waals surface area contributed by atoms with Crippen LogP contribution in [0.25, 0.3) is 0 Å². The Balaban J connectivity index is 2.12. The van der Waals surface area contributed by atoms with E-state index in [0.29, 0.717) is 37.7 Å². The SMILES string of the molecule is COCCCn1c(C)c(C)c(C#N)c1NC(=O)CN1CCOC(C)C1. The van der Waals surface area contributed by atoms with Gasteiger partial charge < -0.3 is 19.4 Å². The summed E-state index contributed by atoms with van der Waals surface area (Å²) in [5.74, 6) is 0.496. The van der Waals surface area contributed by atoms with Crippen LogP contribution in [0, 0.1) is 25.2 Å². The van der Waals surface area contributed by atoms with Crippen LogP contribution in [0.4, 0.5) is 5.82 Å². The first-order chi connectivity index (χ1) is 12.0. The maximum Gasteiger partial charge on any atom is 0.239 e. The summed E-state index contributed by atoms with van der Waals surface area (Å²) in [7, 11) is 1.67. The second-order valence-corrected chi connectivity index (χ2v) is 6.51. The highest BCUT2D eigenvalue weighted by atomic mass is 16.5. The van der Waals surface area contributed by atoms with E-state index in [1.54, 1.807) is 7.11 Å². The zero-order valence-electron chi connectivity index (χ0n) is 15.6. The lowest BCUT2D eigenvalue weighted by molar-refractivity contribution is -0.119. The molecule has 1 atom stereocenters. The molecule has 2 heterocycles. The monoisotopic (exact) mass is 348 g/mol. The van der Waals surface area contributed by atoms with Crippen LogP contribution in [-0.4, -0.2) is 61.4 Å². The summed E-state index contributed by atoms with van der Waals surface area (Å²) in [5, 5.41) is 12.5. The third kappa shape index (κ3) is 4.82. The molecule has 0 bridgehead atoms. The minimum absolute atomic E-state index is 0.101. The summed E-state index contributed by atoms with van der Waals surface area (Å²) in [4.78, 5) is 14.6. The maximum absolute atomic E-state index is 12.5. The van der Waals surface area contributed by atoms with Gasteiger partial charge in [-0.2, -0.15) is 5.26 Å². The zero-order valence-corrected chi connectivity index (χ0v) is 15.6. The van der Waals surface area contributed by atoms with Gasteiger partial charge in [-0.1, -0.05) is 0 Å². The van der Waals surface area contributed by atoms with Gasteiger partial charge in [-0.25, -0.2) is 0 Å². The predicted octanol–water partition coefficient (Wildman–Crippen LogP) is 1.67. The van der Waals surface area contributed by atoms with Crippen LogP contribution in [0.5, 0.6) is 0 Å². The molecule has 1 aromatic rings. The molecule has 1 fully saturated rings. The topological polar surface area (TPSA) is 79.5 Å². The number of ether oxygens (including phenoxy) is 2. The standard InChI is InChI=1S/C18H28N4O3/c1-13-11-21(7-9-25-13)12-17(23)20-18-16(10-19)14(2)15(3)22(18)6-5-8-24-4/h13H,5-9,11-12H2,1-4H3,(H,20,23). The molecule has 138 valence electrons. The molecule has 1 unspecified atom stereocenters. The van der Waals surface area contributed by atoms with Crippen molar-refractivity contribution in [2.24, 2.45) is 0 Å². The number of hydrogen-bond donors (Lipinski definition) is 1. The van der Waals surface area contributed by atoms with Crippen molar-refractivity contribution in [2.75, 3.05) is 45.3 Å². The van der Waals surface area contributed by atoms with E-state index >= 15 is 0 Å². The Kier molecular flexibility index (Phi) is 7.00. The number of nitrogens with zero attached hydrogens (tertiary/aromatic N) is 3. The predicted molar refractivity (Wildman–Crippen MR) is 95.6 cm³/mol. The number of nitrogens with one attached hydrogen (secondary N) is 1. The highest BCUT2D eigenvalue weighted by Crippen LogP contribution is 2.26. The van der Waals surface area contributed by atoms with Gasteiger partial charge in [-0.15, -0.1) is 0 Å². The van der Waals surface area contributed by atoms with E-state index in [4.69, 9.17) is 9.47 Å². The van der Waals surface area contributed by atoms with Crippen LogP contribution in [0.1, 0.15) is 30.2 Å². The maximum atomic E-state index is 12.5. The molecule has 7 heteroatoms. The Labute approximate surface area is 149 Å². The smallest absolute Gasteiger partial charge is 0.239 e. The summed E-state index contributed by atoms with van der Waals surface area (Å²) in [6.07, 6.45) is 0.957. The second kappa shape index (κ2) is 8.99. The summed E-state index contributed by atoms with van der Waals surface area (Å²) < 4.78 is 12.6. The highest BCUT2D eigenvalue weighted by Gasteiger charge is 2.22. The van der Waals surface area contributed by atoms with Crippen molar-refractivity contribution in [1.82, 2.24) is 9.47 Å². The normalized spacial score (nSPS) is 18.1. The minimum atomic E-state index is -0.101. The van der Waals surface area contributed by atoms with Gasteiger partial charge in [-0.05, 0) is 32.8 Å². The number of aromatic nitrogens is 1. The first-order valence-electron chi connectivity index (χ1n) is 8.70. The molecular formula is C18H28N4O3. The summed E-state index contributed by atoms with van der Waals surface area (Å²) in [5.41, 5.74) is 2.46. The molecule has 1 amide bonds. The van der Waals surface area contributed by atoms with Crippen LogP contribution in [0.3, 0.4) is 0 Å². The van der Waals surface area contributed by atoms with Gasteiger partial charge in [-0.3, -0.25) is 9.69 Å². The first-order valence-corrected chi connectivity index (χ1v) is 8.70. The molecule has 1 aromatic heterocycles. The lowest BCUT2D eigenvalue weighted by Gasteiger charge is -2.30. The molecule has 0 saturated carbocycles. The van der Waals surface area contributed by atoms with Crippen molar-refractivity contribution >= 4 is 11.7 Å².